The Morgan fingerprint density at radius 2 is 1.75 bits per heavy atom. The summed E-state index contributed by atoms with van der Waals surface area (Å²) in [5.74, 6) is 0.877. The van der Waals surface area contributed by atoms with E-state index in [1.807, 2.05) is 11.0 Å². The maximum absolute atomic E-state index is 14.5. The average molecular weight is 572 g/mol. The standard InChI is InChI=1S/C32H43ClFN3O3/c1-39-29-10-9-24(21-30(29)40-2)32(13-19-35-17-11-25(12-18-35)36-15-4-3-5-16-36)14-20-37(23-32)31(38)22-26-27(33)7-6-8-28(26)34/h6-10,21,25H,3-5,11-20,22-23H2,1-2H3. The number of carbonyl (C=O) groups excluding carboxylic acids is 1. The number of hydrogen-bond donors (Lipinski definition) is 0. The van der Waals surface area contributed by atoms with Crippen molar-refractivity contribution >= 4 is 17.5 Å². The van der Waals surface area contributed by atoms with Gasteiger partial charge in [-0.25, -0.2) is 4.39 Å². The summed E-state index contributed by atoms with van der Waals surface area (Å²) < 4.78 is 25.6. The lowest BCUT2D eigenvalue weighted by Gasteiger charge is -2.41. The molecule has 3 aliphatic rings. The molecule has 2 aromatic rings. The summed E-state index contributed by atoms with van der Waals surface area (Å²) in [6.07, 6.45) is 8.29. The first-order chi connectivity index (χ1) is 19.4. The Morgan fingerprint density at radius 1 is 1.00 bits per heavy atom. The highest BCUT2D eigenvalue weighted by atomic mass is 35.5. The molecule has 0 radical (unpaired) electrons. The molecular weight excluding hydrogens is 529 g/mol. The molecule has 3 aliphatic heterocycles. The molecule has 0 aliphatic carbocycles. The number of nitrogens with zero attached hydrogens (tertiary/aromatic N) is 3. The summed E-state index contributed by atoms with van der Waals surface area (Å²) in [6.45, 7) is 6.98. The van der Waals surface area contributed by atoms with Crippen molar-refractivity contribution in [2.24, 2.45) is 0 Å². The van der Waals surface area contributed by atoms with Crippen LogP contribution in [0.2, 0.25) is 5.02 Å². The molecule has 1 atom stereocenters. The van der Waals surface area contributed by atoms with Crippen molar-refractivity contribution in [2.45, 2.75) is 62.8 Å². The van der Waals surface area contributed by atoms with Gasteiger partial charge in [-0.05, 0) is 101 Å². The lowest BCUT2D eigenvalue weighted by Crippen LogP contribution is -2.47. The fourth-order valence-electron chi connectivity index (χ4n) is 6.96. The number of halogens is 2. The summed E-state index contributed by atoms with van der Waals surface area (Å²) in [5, 5.41) is 0.298. The van der Waals surface area contributed by atoms with E-state index in [2.05, 4.69) is 21.9 Å². The first kappa shape index (κ1) is 29.2. The first-order valence-electron chi connectivity index (χ1n) is 14.8. The molecule has 40 heavy (non-hydrogen) atoms. The number of amides is 1. The molecule has 0 bridgehead atoms. The highest BCUT2D eigenvalue weighted by Gasteiger charge is 2.42. The second-order valence-electron chi connectivity index (χ2n) is 11.7. The van der Waals surface area contributed by atoms with Gasteiger partial charge in [0.15, 0.2) is 11.5 Å². The maximum atomic E-state index is 14.5. The third-order valence-corrected chi connectivity index (χ3v) is 9.82. The normalized spacial score (nSPS) is 22.9. The van der Waals surface area contributed by atoms with Crippen LogP contribution in [0.1, 0.15) is 56.1 Å². The van der Waals surface area contributed by atoms with E-state index in [-0.39, 0.29) is 23.3 Å². The Kier molecular flexibility index (Phi) is 9.54. The van der Waals surface area contributed by atoms with Crippen molar-refractivity contribution < 1.29 is 18.7 Å². The minimum Gasteiger partial charge on any atom is -0.493 e. The minimum atomic E-state index is -0.431. The van der Waals surface area contributed by atoms with E-state index in [9.17, 15) is 9.18 Å². The molecule has 3 heterocycles. The molecule has 0 N–H and O–H groups in total. The van der Waals surface area contributed by atoms with Gasteiger partial charge in [0, 0.05) is 35.1 Å². The molecule has 5 rings (SSSR count). The van der Waals surface area contributed by atoms with Gasteiger partial charge in [0.05, 0.1) is 20.6 Å². The van der Waals surface area contributed by atoms with Crippen molar-refractivity contribution in [3.8, 4) is 11.5 Å². The highest BCUT2D eigenvalue weighted by Crippen LogP contribution is 2.42. The minimum absolute atomic E-state index is 0.0302. The number of benzene rings is 2. The monoisotopic (exact) mass is 571 g/mol. The largest absolute Gasteiger partial charge is 0.493 e. The van der Waals surface area contributed by atoms with Crippen LogP contribution in [0.3, 0.4) is 0 Å². The second kappa shape index (κ2) is 13.1. The summed E-state index contributed by atoms with van der Waals surface area (Å²) in [4.78, 5) is 20.6. The number of piperidine rings is 2. The van der Waals surface area contributed by atoms with Gasteiger partial charge in [-0.15, -0.1) is 0 Å². The number of rotatable bonds is 9. The number of ether oxygens (including phenoxy) is 2. The van der Waals surface area contributed by atoms with Gasteiger partial charge in [0.2, 0.25) is 5.91 Å². The number of methoxy groups -OCH3 is 2. The molecule has 2 aromatic carbocycles. The van der Waals surface area contributed by atoms with Gasteiger partial charge < -0.3 is 24.2 Å². The molecule has 0 saturated carbocycles. The molecule has 8 heteroatoms. The number of carbonyl (C=O) groups is 1. The third-order valence-electron chi connectivity index (χ3n) is 9.46. The van der Waals surface area contributed by atoms with Crippen LogP contribution < -0.4 is 9.47 Å². The van der Waals surface area contributed by atoms with Crippen LogP contribution in [0.4, 0.5) is 4.39 Å². The fraction of sp³-hybridized carbons (Fsp3) is 0.594. The van der Waals surface area contributed by atoms with Gasteiger partial charge in [-0.1, -0.05) is 30.2 Å². The molecule has 1 unspecified atom stereocenters. The van der Waals surface area contributed by atoms with Gasteiger partial charge >= 0.3 is 0 Å². The number of likely N-dealkylation sites (tertiary alicyclic amines) is 3. The van der Waals surface area contributed by atoms with E-state index >= 15 is 0 Å². The van der Waals surface area contributed by atoms with Gasteiger partial charge in [-0.3, -0.25) is 4.79 Å². The van der Waals surface area contributed by atoms with Gasteiger partial charge in [-0.2, -0.15) is 0 Å². The molecule has 1 amide bonds. The zero-order chi connectivity index (χ0) is 28.1. The molecule has 218 valence electrons. The van der Waals surface area contributed by atoms with Gasteiger partial charge in [0.25, 0.3) is 0 Å². The molecular formula is C32H43ClFN3O3. The zero-order valence-electron chi connectivity index (χ0n) is 24.0. The SMILES string of the molecule is COc1ccc(C2(CCN3CCC(N4CCCCC4)CC3)CCN(C(=O)Cc3c(F)cccc3Cl)C2)cc1OC. The van der Waals surface area contributed by atoms with E-state index in [4.69, 9.17) is 21.1 Å². The van der Waals surface area contributed by atoms with E-state index in [1.165, 1.54) is 51.3 Å². The quantitative estimate of drug-likeness (QED) is 0.395. The van der Waals surface area contributed by atoms with Crippen LogP contribution in [0.15, 0.2) is 36.4 Å². The fourth-order valence-corrected chi connectivity index (χ4v) is 7.19. The average Bonchev–Trinajstić information content (AvgIpc) is 3.44. The third kappa shape index (κ3) is 6.42. The lowest BCUT2D eigenvalue weighted by atomic mass is 9.76. The summed E-state index contributed by atoms with van der Waals surface area (Å²) in [5.41, 5.74) is 1.22. The lowest BCUT2D eigenvalue weighted by molar-refractivity contribution is -0.129. The Hall–Kier alpha value is -2.35. The van der Waals surface area contributed by atoms with Gasteiger partial charge in [0.1, 0.15) is 5.82 Å². The number of hydrogen-bond acceptors (Lipinski definition) is 5. The molecule has 3 fully saturated rings. The summed E-state index contributed by atoms with van der Waals surface area (Å²) in [6, 6.07) is 11.4. The molecule has 0 aromatic heterocycles. The first-order valence-corrected chi connectivity index (χ1v) is 15.2. The van der Waals surface area contributed by atoms with Crippen molar-refractivity contribution in [2.75, 3.05) is 60.0 Å². The van der Waals surface area contributed by atoms with Crippen molar-refractivity contribution in [1.82, 2.24) is 14.7 Å². The van der Waals surface area contributed by atoms with Crippen molar-refractivity contribution in [1.29, 1.82) is 0 Å². The van der Waals surface area contributed by atoms with Crippen molar-refractivity contribution in [3.05, 3.63) is 58.4 Å². The molecule has 0 spiro atoms. The molecule has 6 nitrogen and oxygen atoms in total. The predicted molar refractivity (Wildman–Crippen MR) is 157 cm³/mol. The van der Waals surface area contributed by atoms with Crippen LogP contribution >= 0.6 is 11.6 Å². The van der Waals surface area contributed by atoms with E-state index in [1.54, 1.807) is 26.4 Å². The van der Waals surface area contributed by atoms with Crippen molar-refractivity contribution in [3.63, 3.8) is 0 Å². The Bertz CT molecular complexity index is 1150. The van der Waals surface area contributed by atoms with Crippen LogP contribution in [0, 0.1) is 5.82 Å². The predicted octanol–water partition coefficient (Wildman–Crippen LogP) is 5.55. The second-order valence-corrected chi connectivity index (χ2v) is 12.1. The van der Waals surface area contributed by atoms with Crippen LogP contribution in [0.25, 0.3) is 0 Å². The Morgan fingerprint density at radius 3 is 2.45 bits per heavy atom. The van der Waals surface area contributed by atoms with Crippen LogP contribution in [0.5, 0.6) is 11.5 Å². The summed E-state index contributed by atoms with van der Waals surface area (Å²) >= 11 is 6.24. The highest BCUT2D eigenvalue weighted by molar-refractivity contribution is 6.31. The van der Waals surface area contributed by atoms with E-state index < -0.39 is 5.82 Å². The maximum Gasteiger partial charge on any atom is 0.227 e. The smallest absolute Gasteiger partial charge is 0.227 e. The van der Waals surface area contributed by atoms with E-state index in [0.717, 1.165) is 44.1 Å². The van der Waals surface area contributed by atoms with E-state index in [0.29, 0.717) is 29.6 Å². The van der Waals surface area contributed by atoms with Crippen LogP contribution in [-0.4, -0.2) is 86.7 Å². The zero-order valence-corrected chi connectivity index (χ0v) is 24.7. The van der Waals surface area contributed by atoms with Crippen LogP contribution in [-0.2, 0) is 16.6 Å². The molecule has 3 saturated heterocycles. The topological polar surface area (TPSA) is 45.2 Å². The Balaban J connectivity index is 1.29. The Labute approximate surface area is 243 Å². The summed E-state index contributed by atoms with van der Waals surface area (Å²) in [7, 11) is 3.30.